The fourth-order valence-electron chi connectivity index (χ4n) is 2.10. The second-order valence-electron chi connectivity index (χ2n) is 5.05. The number of hydrogen-bond acceptors (Lipinski definition) is 6. The Morgan fingerprint density at radius 2 is 1.87 bits per heavy atom. The average Bonchev–Trinajstić information content (AvgIpc) is 3.15. The number of carbonyl (C=O) groups is 1. The SMILES string of the molecule is C[C@H](c1ccon1)N(C)C(=O)c1cnc(-c2ccncc2)nc1. The first-order chi connectivity index (χ1) is 11.2. The van der Waals surface area contributed by atoms with Crippen LogP contribution in [0, 0.1) is 0 Å². The molecule has 0 bridgehead atoms. The van der Waals surface area contributed by atoms with Crippen LogP contribution in [0.15, 0.2) is 53.8 Å². The Bertz CT molecular complexity index is 772. The standard InChI is InChI=1S/C16H15N5O2/c1-11(14-5-8-23-20-14)21(2)16(22)13-9-18-15(19-10-13)12-3-6-17-7-4-12/h3-11H,1-2H3/t11-/m1/s1. The summed E-state index contributed by atoms with van der Waals surface area (Å²) in [4.78, 5) is 26.5. The molecule has 0 aliphatic heterocycles. The van der Waals surface area contributed by atoms with Crippen LogP contribution in [0.2, 0.25) is 0 Å². The van der Waals surface area contributed by atoms with Crippen LogP contribution in [0.1, 0.15) is 29.0 Å². The van der Waals surface area contributed by atoms with Crippen molar-refractivity contribution in [1.82, 2.24) is 25.0 Å². The maximum atomic E-state index is 12.5. The minimum Gasteiger partial charge on any atom is -0.364 e. The van der Waals surface area contributed by atoms with Gasteiger partial charge in [0.15, 0.2) is 5.82 Å². The van der Waals surface area contributed by atoms with Crippen molar-refractivity contribution in [3.63, 3.8) is 0 Å². The Labute approximate surface area is 133 Å². The number of rotatable bonds is 4. The van der Waals surface area contributed by atoms with Crippen LogP contribution in [0.3, 0.4) is 0 Å². The first-order valence-corrected chi connectivity index (χ1v) is 7.06. The van der Waals surface area contributed by atoms with Gasteiger partial charge in [-0.3, -0.25) is 9.78 Å². The summed E-state index contributed by atoms with van der Waals surface area (Å²) in [6, 6.07) is 5.16. The van der Waals surface area contributed by atoms with E-state index >= 15 is 0 Å². The van der Waals surface area contributed by atoms with Crippen molar-refractivity contribution in [3.05, 3.63) is 60.5 Å². The van der Waals surface area contributed by atoms with Crippen molar-refractivity contribution in [2.75, 3.05) is 7.05 Å². The summed E-state index contributed by atoms with van der Waals surface area (Å²) in [7, 11) is 1.71. The molecule has 0 N–H and O–H groups in total. The number of amides is 1. The molecule has 3 aromatic rings. The molecule has 0 aliphatic carbocycles. The molecule has 1 atom stereocenters. The summed E-state index contributed by atoms with van der Waals surface area (Å²) in [6.07, 6.45) is 7.88. The van der Waals surface area contributed by atoms with Gasteiger partial charge in [0.2, 0.25) is 0 Å². The van der Waals surface area contributed by atoms with Crippen molar-refractivity contribution in [3.8, 4) is 11.4 Å². The predicted octanol–water partition coefficient (Wildman–Crippen LogP) is 2.36. The minimum atomic E-state index is -0.207. The number of aromatic nitrogens is 4. The van der Waals surface area contributed by atoms with Gasteiger partial charge in [-0.05, 0) is 19.1 Å². The molecule has 0 unspecified atom stereocenters. The highest BCUT2D eigenvalue weighted by molar-refractivity contribution is 5.93. The van der Waals surface area contributed by atoms with Gasteiger partial charge in [0.25, 0.3) is 5.91 Å². The monoisotopic (exact) mass is 309 g/mol. The van der Waals surface area contributed by atoms with Crippen LogP contribution in [0.5, 0.6) is 0 Å². The molecule has 1 amide bonds. The first kappa shape index (κ1) is 14.8. The van der Waals surface area contributed by atoms with Gasteiger partial charge in [0.05, 0.1) is 11.6 Å². The summed E-state index contributed by atoms with van der Waals surface area (Å²) in [5, 5.41) is 3.86. The van der Waals surface area contributed by atoms with Crippen molar-refractivity contribution < 1.29 is 9.32 Å². The highest BCUT2D eigenvalue weighted by Crippen LogP contribution is 2.19. The predicted molar refractivity (Wildman–Crippen MR) is 82.3 cm³/mol. The summed E-state index contributed by atoms with van der Waals surface area (Å²) >= 11 is 0. The molecular formula is C16H15N5O2. The summed E-state index contributed by atoms with van der Waals surface area (Å²) < 4.78 is 4.82. The van der Waals surface area contributed by atoms with Gasteiger partial charge in [-0.15, -0.1) is 0 Å². The number of pyridine rings is 1. The molecule has 116 valence electrons. The van der Waals surface area contributed by atoms with Crippen LogP contribution in [0.4, 0.5) is 0 Å². The van der Waals surface area contributed by atoms with Gasteiger partial charge in [0, 0.05) is 43.5 Å². The van der Waals surface area contributed by atoms with Gasteiger partial charge >= 0.3 is 0 Å². The molecular weight excluding hydrogens is 294 g/mol. The van der Waals surface area contributed by atoms with Crippen LogP contribution in [-0.4, -0.2) is 38.0 Å². The fourth-order valence-corrected chi connectivity index (χ4v) is 2.10. The topological polar surface area (TPSA) is 85.0 Å². The average molecular weight is 309 g/mol. The van der Waals surface area contributed by atoms with E-state index in [1.165, 1.54) is 18.7 Å². The van der Waals surface area contributed by atoms with Crippen LogP contribution in [-0.2, 0) is 0 Å². The van der Waals surface area contributed by atoms with Gasteiger partial charge in [-0.1, -0.05) is 5.16 Å². The van der Waals surface area contributed by atoms with Gasteiger partial charge in [-0.2, -0.15) is 0 Å². The zero-order valence-electron chi connectivity index (χ0n) is 12.7. The van der Waals surface area contributed by atoms with Crippen molar-refractivity contribution in [1.29, 1.82) is 0 Å². The van der Waals surface area contributed by atoms with E-state index in [1.54, 1.807) is 30.4 Å². The van der Waals surface area contributed by atoms with E-state index in [-0.39, 0.29) is 11.9 Å². The second-order valence-corrected chi connectivity index (χ2v) is 5.05. The Morgan fingerprint density at radius 3 is 2.48 bits per heavy atom. The smallest absolute Gasteiger partial charge is 0.257 e. The number of carbonyl (C=O) groups excluding carboxylic acids is 1. The van der Waals surface area contributed by atoms with Crippen LogP contribution in [0.25, 0.3) is 11.4 Å². The quantitative estimate of drug-likeness (QED) is 0.735. The summed E-state index contributed by atoms with van der Waals surface area (Å²) in [5.41, 5.74) is 1.96. The van der Waals surface area contributed by atoms with Crippen molar-refractivity contribution in [2.45, 2.75) is 13.0 Å². The lowest BCUT2D eigenvalue weighted by molar-refractivity contribution is 0.0736. The highest BCUT2D eigenvalue weighted by atomic mass is 16.5. The van der Waals surface area contributed by atoms with E-state index in [0.717, 1.165) is 5.56 Å². The largest absolute Gasteiger partial charge is 0.364 e. The minimum absolute atomic E-state index is 0.179. The van der Waals surface area contributed by atoms with E-state index < -0.39 is 0 Å². The molecule has 0 radical (unpaired) electrons. The molecule has 3 heterocycles. The van der Waals surface area contributed by atoms with Crippen molar-refractivity contribution in [2.24, 2.45) is 0 Å². The molecule has 23 heavy (non-hydrogen) atoms. The lowest BCUT2D eigenvalue weighted by Crippen LogP contribution is -2.30. The van der Waals surface area contributed by atoms with Crippen LogP contribution >= 0.6 is 0 Å². The third kappa shape index (κ3) is 3.08. The molecule has 0 aliphatic rings. The lowest BCUT2D eigenvalue weighted by Gasteiger charge is -2.22. The molecule has 0 saturated heterocycles. The Hall–Kier alpha value is -3.09. The third-order valence-electron chi connectivity index (χ3n) is 3.62. The fraction of sp³-hybridized carbons (Fsp3) is 0.188. The van der Waals surface area contributed by atoms with Gasteiger partial charge in [-0.25, -0.2) is 9.97 Å². The molecule has 0 aromatic carbocycles. The van der Waals surface area contributed by atoms with E-state index in [0.29, 0.717) is 17.1 Å². The van der Waals surface area contributed by atoms with Gasteiger partial charge in [0.1, 0.15) is 12.0 Å². The zero-order chi connectivity index (χ0) is 16.2. The molecule has 3 rings (SSSR count). The molecule has 0 spiro atoms. The molecule has 0 saturated carbocycles. The maximum Gasteiger partial charge on any atom is 0.257 e. The zero-order valence-corrected chi connectivity index (χ0v) is 12.7. The Kier molecular flexibility index (Phi) is 4.09. The maximum absolute atomic E-state index is 12.5. The van der Waals surface area contributed by atoms with E-state index in [1.807, 2.05) is 19.1 Å². The Balaban J connectivity index is 1.78. The normalized spacial score (nSPS) is 11.9. The first-order valence-electron chi connectivity index (χ1n) is 7.06. The number of hydrogen-bond donors (Lipinski definition) is 0. The van der Waals surface area contributed by atoms with Crippen molar-refractivity contribution >= 4 is 5.91 Å². The molecule has 0 fully saturated rings. The van der Waals surface area contributed by atoms with Gasteiger partial charge < -0.3 is 9.42 Å². The highest BCUT2D eigenvalue weighted by Gasteiger charge is 2.21. The summed E-state index contributed by atoms with van der Waals surface area (Å²) in [6.45, 7) is 1.88. The van der Waals surface area contributed by atoms with E-state index in [9.17, 15) is 4.79 Å². The number of nitrogens with zero attached hydrogens (tertiary/aromatic N) is 5. The molecule has 3 aromatic heterocycles. The van der Waals surface area contributed by atoms with E-state index in [2.05, 4.69) is 20.1 Å². The third-order valence-corrected chi connectivity index (χ3v) is 3.62. The Morgan fingerprint density at radius 1 is 1.17 bits per heavy atom. The molecule has 7 heteroatoms. The summed E-state index contributed by atoms with van der Waals surface area (Å²) in [5.74, 6) is 0.373. The van der Waals surface area contributed by atoms with E-state index in [4.69, 9.17) is 4.52 Å². The van der Waals surface area contributed by atoms with Crippen LogP contribution < -0.4 is 0 Å². The second kappa shape index (κ2) is 6.35. The lowest BCUT2D eigenvalue weighted by atomic mass is 10.2. The molecule has 7 nitrogen and oxygen atoms in total.